The SMILES string of the molecule is Cc1ccc(S(=O)(=O)CCn2nc(C)cc2C)cc1. The second kappa shape index (κ2) is 5.17. The molecule has 0 atom stereocenters. The van der Waals surface area contributed by atoms with E-state index in [2.05, 4.69) is 5.10 Å². The second-order valence-corrected chi connectivity index (χ2v) is 6.89. The largest absolute Gasteiger partial charge is 0.269 e. The number of benzene rings is 1. The normalized spacial score (nSPS) is 11.7. The van der Waals surface area contributed by atoms with Gasteiger partial charge in [-0.3, -0.25) is 4.68 Å². The summed E-state index contributed by atoms with van der Waals surface area (Å²) in [4.78, 5) is 0.375. The van der Waals surface area contributed by atoms with Crippen molar-refractivity contribution in [2.24, 2.45) is 0 Å². The molecule has 0 aliphatic rings. The number of nitrogens with zero attached hydrogens (tertiary/aromatic N) is 2. The van der Waals surface area contributed by atoms with E-state index < -0.39 is 9.84 Å². The van der Waals surface area contributed by atoms with Gasteiger partial charge in [0.05, 0.1) is 22.9 Å². The van der Waals surface area contributed by atoms with Crippen LogP contribution < -0.4 is 0 Å². The number of sulfone groups is 1. The highest BCUT2D eigenvalue weighted by atomic mass is 32.2. The van der Waals surface area contributed by atoms with Gasteiger partial charge in [0, 0.05) is 5.69 Å². The smallest absolute Gasteiger partial charge is 0.180 e. The lowest BCUT2D eigenvalue weighted by Gasteiger charge is -2.06. The van der Waals surface area contributed by atoms with Crippen molar-refractivity contribution < 1.29 is 8.42 Å². The fourth-order valence-electron chi connectivity index (χ4n) is 1.97. The summed E-state index contributed by atoms with van der Waals surface area (Å²) < 4.78 is 26.1. The molecule has 1 heterocycles. The van der Waals surface area contributed by atoms with E-state index in [0.717, 1.165) is 17.0 Å². The van der Waals surface area contributed by atoms with Crippen molar-refractivity contribution in [3.05, 3.63) is 47.3 Å². The molecule has 0 saturated heterocycles. The Morgan fingerprint density at radius 1 is 1.11 bits per heavy atom. The molecule has 1 aromatic carbocycles. The van der Waals surface area contributed by atoms with Crippen molar-refractivity contribution in [1.82, 2.24) is 9.78 Å². The highest BCUT2D eigenvalue weighted by Gasteiger charge is 2.15. The highest BCUT2D eigenvalue weighted by molar-refractivity contribution is 7.91. The van der Waals surface area contributed by atoms with Crippen LogP contribution in [0.1, 0.15) is 17.0 Å². The molecule has 0 aliphatic heterocycles. The van der Waals surface area contributed by atoms with Crippen LogP contribution in [0.4, 0.5) is 0 Å². The lowest BCUT2D eigenvalue weighted by molar-refractivity contribution is 0.576. The average Bonchev–Trinajstić information content (AvgIpc) is 2.66. The Bertz CT molecular complexity index is 670. The van der Waals surface area contributed by atoms with Crippen molar-refractivity contribution in [1.29, 1.82) is 0 Å². The van der Waals surface area contributed by atoms with E-state index in [9.17, 15) is 8.42 Å². The van der Waals surface area contributed by atoms with Crippen molar-refractivity contribution in [2.45, 2.75) is 32.2 Å². The van der Waals surface area contributed by atoms with Crippen LogP contribution in [0, 0.1) is 20.8 Å². The van der Waals surface area contributed by atoms with Crippen LogP contribution in [0.2, 0.25) is 0 Å². The molecule has 0 saturated carbocycles. The summed E-state index contributed by atoms with van der Waals surface area (Å²) >= 11 is 0. The lowest BCUT2D eigenvalue weighted by atomic mass is 10.2. The van der Waals surface area contributed by atoms with Crippen LogP contribution >= 0.6 is 0 Å². The van der Waals surface area contributed by atoms with E-state index in [1.807, 2.05) is 39.0 Å². The third kappa shape index (κ3) is 3.23. The van der Waals surface area contributed by atoms with Gasteiger partial charge in [-0.1, -0.05) is 17.7 Å². The Balaban J connectivity index is 2.14. The molecule has 0 fully saturated rings. The molecule has 0 spiro atoms. The Kier molecular flexibility index (Phi) is 3.75. The van der Waals surface area contributed by atoms with Gasteiger partial charge in [-0.25, -0.2) is 8.42 Å². The molecule has 1 aromatic heterocycles. The molecular weight excluding hydrogens is 260 g/mol. The average molecular weight is 278 g/mol. The fourth-order valence-corrected chi connectivity index (χ4v) is 3.17. The third-order valence-corrected chi connectivity index (χ3v) is 4.77. The molecule has 2 rings (SSSR count). The molecule has 4 nitrogen and oxygen atoms in total. The molecule has 0 amide bonds. The van der Waals surface area contributed by atoms with Crippen molar-refractivity contribution in [3.63, 3.8) is 0 Å². The maximum Gasteiger partial charge on any atom is 0.180 e. The van der Waals surface area contributed by atoms with Crippen LogP contribution in [0.25, 0.3) is 0 Å². The molecule has 2 aromatic rings. The van der Waals surface area contributed by atoms with E-state index >= 15 is 0 Å². The molecule has 0 bridgehead atoms. The number of aromatic nitrogens is 2. The zero-order valence-electron chi connectivity index (χ0n) is 11.4. The van der Waals surface area contributed by atoms with Crippen molar-refractivity contribution >= 4 is 9.84 Å². The summed E-state index contributed by atoms with van der Waals surface area (Å²) in [5.74, 6) is 0.0675. The molecule has 102 valence electrons. The van der Waals surface area contributed by atoms with Gasteiger partial charge in [-0.15, -0.1) is 0 Å². The van der Waals surface area contributed by atoms with Crippen LogP contribution in [0.15, 0.2) is 35.2 Å². The number of rotatable bonds is 4. The minimum Gasteiger partial charge on any atom is -0.269 e. The molecule has 0 N–H and O–H groups in total. The first-order valence-electron chi connectivity index (χ1n) is 6.19. The topological polar surface area (TPSA) is 52.0 Å². The van der Waals surface area contributed by atoms with Gasteiger partial charge in [-0.2, -0.15) is 5.10 Å². The summed E-state index contributed by atoms with van der Waals surface area (Å²) in [6, 6.07) is 8.89. The second-order valence-electron chi connectivity index (χ2n) is 4.78. The first-order valence-corrected chi connectivity index (χ1v) is 7.84. The lowest BCUT2D eigenvalue weighted by Crippen LogP contribution is -2.15. The van der Waals surface area contributed by atoms with Gasteiger partial charge >= 0.3 is 0 Å². The first-order chi connectivity index (χ1) is 8.88. The van der Waals surface area contributed by atoms with Crippen molar-refractivity contribution in [3.8, 4) is 0 Å². The van der Waals surface area contributed by atoms with Crippen LogP contribution in [-0.4, -0.2) is 24.0 Å². The molecule has 19 heavy (non-hydrogen) atoms. The predicted molar refractivity (Wildman–Crippen MR) is 74.9 cm³/mol. The molecule has 0 unspecified atom stereocenters. The molecule has 0 radical (unpaired) electrons. The Labute approximate surface area is 114 Å². The third-order valence-electron chi connectivity index (χ3n) is 3.06. The molecule has 5 heteroatoms. The maximum absolute atomic E-state index is 12.2. The van der Waals surface area contributed by atoms with Crippen LogP contribution in [-0.2, 0) is 16.4 Å². The number of hydrogen-bond acceptors (Lipinski definition) is 3. The zero-order valence-corrected chi connectivity index (χ0v) is 12.2. The number of aryl methyl sites for hydroxylation is 4. The monoisotopic (exact) mass is 278 g/mol. The fraction of sp³-hybridized carbons (Fsp3) is 0.357. The summed E-state index contributed by atoms with van der Waals surface area (Å²) in [7, 11) is -3.24. The van der Waals surface area contributed by atoms with Crippen LogP contribution in [0.3, 0.4) is 0 Å². The Hall–Kier alpha value is -1.62. The van der Waals surface area contributed by atoms with Gasteiger partial charge in [0.2, 0.25) is 0 Å². The summed E-state index contributed by atoms with van der Waals surface area (Å²) in [5, 5.41) is 4.27. The maximum atomic E-state index is 12.2. The zero-order chi connectivity index (χ0) is 14.0. The minimum atomic E-state index is -3.24. The van der Waals surface area contributed by atoms with Gasteiger partial charge < -0.3 is 0 Å². The summed E-state index contributed by atoms with van der Waals surface area (Å²) in [6.45, 7) is 6.15. The predicted octanol–water partition coefficient (Wildman–Crippen LogP) is 2.28. The molecule has 0 aliphatic carbocycles. The Morgan fingerprint density at radius 3 is 2.26 bits per heavy atom. The Morgan fingerprint density at radius 2 is 1.74 bits per heavy atom. The minimum absolute atomic E-state index is 0.0675. The van der Waals surface area contributed by atoms with Gasteiger partial charge in [0.25, 0.3) is 0 Å². The van der Waals surface area contributed by atoms with E-state index in [1.165, 1.54) is 0 Å². The van der Waals surface area contributed by atoms with Gasteiger partial charge in [0.1, 0.15) is 0 Å². The quantitative estimate of drug-likeness (QED) is 0.862. The number of hydrogen-bond donors (Lipinski definition) is 0. The van der Waals surface area contributed by atoms with Gasteiger partial charge in [-0.05, 0) is 39.0 Å². The van der Waals surface area contributed by atoms with Crippen molar-refractivity contribution in [2.75, 3.05) is 5.75 Å². The first kappa shape index (κ1) is 13.8. The molecular formula is C14H18N2O2S. The van der Waals surface area contributed by atoms with E-state index in [-0.39, 0.29) is 5.75 Å². The standard InChI is InChI=1S/C14H18N2O2S/c1-11-4-6-14(7-5-11)19(17,18)9-8-16-13(3)10-12(2)15-16/h4-7,10H,8-9H2,1-3H3. The van der Waals surface area contributed by atoms with Gasteiger partial charge in [0.15, 0.2) is 9.84 Å². The van der Waals surface area contributed by atoms with E-state index in [1.54, 1.807) is 16.8 Å². The summed E-state index contributed by atoms with van der Waals surface area (Å²) in [6.07, 6.45) is 0. The van der Waals surface area contributed by atoms with E-state index in [4.69, 9.17) is 0 Å². The van der Waals surface area contributed by atoms with Crippen LogP contribution in [0.5, 0.6) is 0 Å². The van der Waals surface area contributed by atoms with E-state index in [0.29, 0.717) is 11.4 Å². The highest BCUT2D eigenvalue weighted by Crippen LogP contribution is 2.13. The summed E-state index contributed by atoms with van der Waals surface area (Å²) in [5.41, 5.74) is 2.94.